The molecule has 0 fully saturated rings. The molecule has 0 saturated heterocycles. The minimum Gasteiger partial charge on any atom is -0.478 e. The van der Waals surface area contributed by atoms with Crippen LogP contribution < -0.4 is 5.32 Å². The summed E-state index contributed by atoms with van der Waals surface area (Å²) in [5.41, 5.74) is 0.0578. The van der Waals surface area contributed by atoms with Crippen LogP contribution >= 0.6 is 0 Å². The number of rotatable bonds is 4. The number of hydrogen-bond acceptors (Lipinski definition) is 4. The molecule has 0 aromatic carbocycles. The van der Waals surface area contributed by atoms with Crippen molar-refractivity contribution in [2.24, 2.45) is 0 Å². The Balaban J connectivity index is 2.62. The predicted molar refractivity (Wildman–Crippen MR) is 62.2 cm³/mol. The number of amides is 2. The van der Waals surface area contributed by atoms with Crippen LogP contribution in [0.2, 0.25) is 0 Å². The Morgan fingerprint density at radius 2 is 2.00 bits per heavy atom. The summed E-state index contributed by atoms with van der Waals surface area (Å²) >= 11 is 0. The number of nitrogens with one attached hydrogen (secondary N) is 1. The Morgan fingerprint density at radius 3 is 2.44 bits per heavy atom. The number of nitrogens with zero attached hydrogens (tertiary/aromatic N) is 2. The van der Waals surface area contributed by atoms with E-state index in [0.29, 0.717) is 0 Å². The summed E-state index contributed by atoms with van der Waals surface area (Å²) < 4.78 is 0. The summed E-state index contributed by atoms with van der Waals surface area (Å²) in [5, 5.41) is 11.0. The van der Waals surface area contributed by atoms with Crippen molar-refractivity contribution in [1.29, 1.82) is 0 Å². The van der Waals surface area contributed by atoms with Gasteiger partial charge in [0.05, 0.1) is 12.1 Å². The Kier molecular flexibility index (Phi) is 4.36. The van der Waals surface area contributed by atoms with Gasteiger partial charge in [0.1, 0.15) is 5.69 Å². The van der Waals surface area contributed by atoms with Gasteiger partial charge in [-0.3, -0.25) is 14.6 Å². The van der Waals surface area contributed by atoms with Gasteiger partial charge in [-0.2, -0.15) is 0 Å². The van der Waals surface area contributed by atoms with Crippen LogP contribution in [0.1, 0.15) is 20.8 Å². The number of carbonyl (C=O) groups excluding carboxylic acids is 2. The average Bonchev–Trinajstić information content (AvgIpc) is 2.35. The molecule has 0 aliphatic carbocycles. The maximum atomic E-state index is 11.6. The lowest BCUT2D eigenvalue weighted by atomic mass is 10.2. The number of likely N-dealkylation sites (N-methyl/N-ethyl adjacent to an activating group) is 1. The third kappa shape index (κ3) is 3.55. The third-order valence-electron chi connectivity index (χ3n) is 2.14. The molecule has 2 N–H and O–H groups in total. The summed E-state index contributed by atoms with van der Waals surface area (Å²) in [4.78, 5) is 38.4. The van der Waals surface area contributed by atoms with E-state index in [1.165, 1.54) is 17.0 Å². The highest BCUT2D eigenvalue weighted by Crippen LogP contribution is 2.00. The van der Waals surface area contributed by atoms with E-state index in [9.17, 15) is 14.4 Å². The van der Waals surface area contributed by atoms with Crippen molar-refractivity contribution in [1.82, 2.24) is 15.2 Å². The van der Waals surface area contributed by atoms with Crippen molar-refractivity contribution in [2.45, 2.75) is 0 Å². The van der Waals surface area contributed by atoms with Gasteiger partial charge in [-0.1, -0.05) is 0 Å². The number of carbonyl (C=O) groups is 3. The first kappa shape index (κ1) is 13.6. The minimum atomic E-state index is -1.11. The van der Waals surface area contributed by atoms with Gasteiger partial charge in [0.15, 0.2) is 0 Å². The van der Waals surface area contributed by atoms with Crippen molar-refractivity contribution in [3.8, 4) is 0 Å². The standard InChI is InChI=1S/C11H13N3O4/c1-14(2)9(15)6-13-10(16)8-4-3-7(5-12-8)11(17)18/h3-5H,6H2,1-2H3,(H,13,16)(H,17,18). The van der Waals surface area contributed by atoms with Crippen molar-refractivity contribution in [3.63, 3.8) is 0 Å². The summed E-state index contributed by atoms with van der Waals surface area (Å²) in [6, 6.07) is 2.57. The molecule has 1 aromatic rings. The highest BCUT2D eigenvalue weighted by atomic mass is 16.4. The lowest BCUT2D eigenvalue weighted by Crippen LogP contribution is -2.36. The Labute approximate surface area is 103 Å². The van der Waals surface area contributed by atoms with Gasteiger partial charge in [-0.05, 0) is 12.1 Å². The van der Waals surface area contributed by atoms with E-state index in [4.69, 9.17) is 5.11 Å². The van der Waals surface area contributed by atoms with Gasteiger partial charge < -0.3 is 15.3 Å². The number of carboxylic acid groups (broad SMARTS) is 1. The molecule has 0 aliphatic heterocycles. The SMILES string of the molecule is CN(C)C(=O)CNC(=O)c1ccc(C(=O)O)cn1. The maximum Gasteiger partial charge on any atom is 0.337 e. The van der Waals surface area contributed by atoms with Gasteiger partial charge in [0.25, 0.3) is 5.91 Å². The van der Waals surface area contributed by atoms with E-state index in [2.05, 4.69) is 10.3 Å². The molecule has 1 heterocycles. The highest BCUT2D eigenvalue weighted by Gasteiger charge is 2.11. The van der Waals surface area contributed by atoms with Crippen LogP contribution in [0.4, 0.5) is 0 Å². The molecule has 96 valence electrons. The molecule has 2 amide bonds. The molecule has 0 atom stereocenters. The van der Waals surface area contributed by atoms with Crippen molar-refractivity contribution < 1.29 is 19.5 Å². The number of aromatic nitrogens is 1. The normalized spacial score (nSPS) is 9.67. The lowest BCUT2D eigenvalue weighted by Gasteiger charge is -2.10. The quantitative estimate of drug-likeness (QED) is 0.758. The van der Waals surface area contributed by atoms with E-state index in [-0.39, 0.29) is 23.7 Å². The second kappa shape index (κ2) is 5.76. The topological polar surface area (TPSA) is 99.6 Å². The van der Waals surface area contributed by atoms with E-state index in [1.807, 2.05) is 0 Å². The van der Waals surface area contributed by atoms with Gasteiger partial charge in [0, 0.05) is 20.3 Å². The van der Waals surface area contributed by atoms with Crippen LogP contribution in [-0.2, 0) is 4.79 Å². The Bertz CT molecular complexity index is 468. The second-order valence-electron chi connectivity index (χ2n) is 3.71. The molecule has 18 heavy (non-hydrogen) atoms. The van der Waals surface area contributed by atoms with Gasteiger partial charge in [-0.25, -0.2) is 4.79 Å². The fraction of sp³-hybridized carbons (Fsp3) is 0.273. The molecule has 0 unspecified atom stereocenters. The third-order valence-corrected chi connectivity index (χ3v) is 2.14. The zero-order valence-corrected chi connectivity index (χ0v) is 10.0. The smallest absolute Gasteiger partial charge is 0.337 e. The number of carboxylic acids is 1. The van der Waals surface area contributed by atoms with Crippen molar-refractivity contribution in [3.05, 3.63) is 29.6 Å². The summed E-state index contributed by atoms with van der Waals surface area (Å²) in [5.74, 6) is -1.88. The monoisotopic (exact) mass is 251 g/mol. The minimum absolute atomic E-state index is 0.00378. The molecule has 0 saturated carbocycles. The second-order valence-corrected chi connectivity index (χ2v) is 3.71. The van der Waals surface area contributed by atoms with Gasteiger partial charge in [0.2, 0.25) is 5.91 Å². The van der Waals surface area contributed by atoms with E-state index < -0.39 is 11.9 Å². The molecule has 7 nitrogen and oxygen atoms in total. The molecule has 0 radical (unpaired) electrons. The number of hydrogen-bond donors (Lipinski definition) is 2. The zero-order valence-electron chi connectivity index (χ0n) is 10.0. The van der Waals surface area contributed by atoms with Gasteiger partial charge >= 0.3 is 5.97 Å². The first-order chi connectivity index (χ1) is 8.41. The molecule has 7 heteroatoms. The predicted octanol–water partition coefficient (Wildman–Crippen LogP) is -0.402. The molecule has 0 spiro atoms. The van der Waals surface area contributed by atoms with Crippen molar-refractivity contribution in [2.75, 3.05) is 20.6 Å². The highest BCUT2D eigenvalue weighted by molar-refractivity contribution is 5.95. The lowest BCUT2D eigenvalue weighted by molar-refractivity contribution is -0.127. The van der Waals surface area contributed by atoms with Crippen LogP contribution in [0, 0.1) is 0 Å². The molecule has 1 aromatic heterocycles. The zero-order chi connectivity index (χ0) is 13.7. The van der Waals surface area contributed by atoms with Crippen LogP contribution in [0.3, 0.4) is 0 Å². The number of aromatic carboxylic acids is 1. The summed E-state index contributed by atoms with van der Waals surface area (Å²) in [6.45, 7) is -0.131. The summed E-state index contributed by atoms with van der Waals surface area (Å²) in [7, 11) is 3.16. The van der Waals surface area contributed by atoms with Crippen LogP contribution in [0.5, 0.6) is 0 Å². The number of pyridine rings is 1. The first-order valence-electron chi connectivity index (χ1n) is 5.09. The first-order valence-corrected chi connectivity index (χ1v) is 5.09. The average molecular weight is 251 g/mol. The maximum absolute atomic E-state index is 11.6. The van der Waals surface area contributed by atoms with E-state index >= 15 is 0 Å². The molecular formula is C11H13N3O4. The van der Waals surface area contributed by atoms with Crippen LogP contribution in [0.15, 0.2) is 18.3 Å². The fourth-order valence-corrected chi connectivity index (χ4v) is 1.06. The Morgan fingerprint density at radius 1 is 1.33 bits per heavy atom. The van der Waals surface area contributed by atoms with Crippen LogP contribution in [0.25, 0.3) is 0 Å². The fourth-order valence-electron chi connectivity index (χ4n) is 1.06. The van der Waals surface area contributed by atoms with Crippen LogP contribution in [-0.4, -0.2) is 53.4 Å². The van der Waals surface area contributed by atoms with E-state index in [1.54, 1.807) is 14.1 Å². The molecule has 0 bridgehead atoms. The Hall–Kier alpha value is -2.44. The molecule has 1 rings (SSSR count). The summed E-state index contributed by atoms with van der Waals surface area (Å²) in [6.07, 6.45) is 1.09. The molecule has 0 aliphatic rings. The van der Waals surface area contributed by atoms with Gasteiger partial charge in [-0.15, -0.1) is 0 Å². The molecular weight excluding hydrogens is 238 g/mol. The van der Waals surface area contributed by atoms with Crippen molar-refractivity contribution >= 4 is 17.8 Å². The largest absolute Gasteiger partial charge is 0.478 e. The van der Waals surface area contributed by atoms with E-state index in [0.717, 1.165) is 6.20 Å².